The van der Waals surface area contributed by atoms with Crippen molar-refractivity contribution in [2.75, 3.05) is 0 Å². The monoisotopic (exact) mass is 287 g/mol. The van der Waals surface area contributed by atoms with Crippen LogP contribution in [-0.2, 0) is 6.54 Å². The van der Waals surface area contributed by atoms with Crippen molar-refractivity contribution in [1.82, 2.24) is 5.32 Å². The molecule has 2 aromatic rings. The SMILES string of the molecule is CC(C)(C)[C@H](NCc1cc(=O)c(O)co1)c1ccccc1. The van der Waals surface area contributed by atoms with Gasteiger partial charge in [-0.15, -0.1) is 0 Å². The highest BCUT2D eigenvalue weighted by Crippen LogP contribution is 2.32. The third-order valence-electron chi connectivity index (χ3n) is 3.35. The lowest BCUT2D eigenvalue weighted by Gasteiger charge is -2.32. The molecule has 4 heteroatoms. The van der Waals surface area contributed by atoms with Crippen LogP contribution in [0.4, 0.5) is 0 Å². The highest BCUT2D eigenvalue weighted by atomic mass is 16.4. The maximum atomic E-state index is 11.4. The van der Waals surface area contributed by atoms with E-state index in [1.807, 2.05) is 18.2 Å². The molecular formula is C17H21NO3. The van der Waals surface area contributed by atoms with E-state index in [2.05, 4.69) is 38.2 Å². The fourth-order valence-electron chi connectivity index (χ4n) is 2.31. The minimum absolute atomic E-state index is 0.0125. The molecular weight excluding hydrogens is 266 g/mol. The number of aromatic hydroxyl groups is 1. The molecule has 2 rings (SSSR count). The maximum absolute atomic E-state index is 11.4. The minimum Gasteiger partial charge on any atom is -0.502 e. The third kappa shape index (κ3) is 3.95. The van der Waals surface area contributed by atoms with Crippen molar-refractivity contribution in [1.29, 1.82) is 0 Å². The largest absolute Gasteiger partial charge is 0.502 e. The molecule has 1 aromatic heterocycles. The van der Waals surface area contributed by atoms with Gasteiger partial charge in [-0.1, -0.05) is 51.1 Å². The van der Waals surface area contributed by atoms with Crippen molar-refractivity contribution in [2.45, 2.75) is 33.4 Å². The van der Waals surface area contributed by atoms with E-state index in [-0.39, 0.29) is 17.2 Å². The lowest BCUT2D eigenvalue weighted by molar-refractivity contribution is 0.263. The van der Waals surface area contributed by atoms with Crippen LogP contribution in [-0.4, -0.2) is 5.11 Å². The Hall–Kier alpha value is -2.07. The van der Waals surface area contributed by atoms with Crippen molar-refractivity contribution in [2.24, 2.45) is 5.41 Å². The van der Waals surface area contributed by atoms with E-state index in [4.69, 9.17) is 4.42 Å². The Morgan fingerprint density at radius 1 is 1.24 bits per heavy atom. The molecule has 0 aliphatic carbocycles. The van der Waals surface area contributed by atoms with Crippen molar-refractivity contribution >= 4 is 0 Å². The van der Waals surface area contributed by atoms with Crippen LogP contribution < -0.4 is 10.7 Å². The van der Waals surface area contributed by atoms with E-state index in [0.717, 1.165) is 6.26 Å². The summed E-state index contributed by atoms with van der Waals surface area (Å²) >= 11 is 0. The summed E-state index contributed by atoms with van der Waals surface area (Å²) in [4.78, 5) is 11.4. The Bertz CT molecular complexity index is 641. The van der Waals surface area contributed by atoms with Crippen LogP contribution in [0, 0.1) is 5.41 Å². The topological polar surface area (TPSA) is 62.5 Å². The van der Waals surface area contributed by atoms with E-state index >= 15 is 0 Å². The fourth-order valence-corrected chi connectivity index (χ4v) is 2.31. The molecule has 1 heterocycles. The maximum Gasteiger partial charge on any atom is 0.226 e. The average molecular weight is 287 g/mol. The van der Waals surface area contributed by atoms with Gasteiger partial charge in [0.1, 0.15) is 12.0 Å². The molecule has 1 aromatic carbocycles. The summed E-state index contributed by atoms with van der Waals surface area (Å²) in [5, 5.41) is 12.6. The molecule has 2 N–H and O–H groups in total. The van der Waals surface area contributed by atoms with E-state index in [9.17, 15) is 9.90 Å². The second-order valence-electron chi connectivity index (χ2n) is 6.19. The summed E-state index contributed by atoms with van der Waals surface area (Å²) in [6.45, 7) is 6.90. The number of hydrogen-bond donors (Lipinski definition) is 2. The smallest absolute Gasteiger partial charge is 0.226 e. The average Bonchev–Trinajstić information content (AvgIpc) is 2.43. The number of benzene rings is 1. The first kappa shape index (κ1) is 15.3. The van der Waals surface area contributed by atoms with Crippen molar-refractivity contribution in [3.63, 3.8) is 0 Å². The summed E-state index contributed by atoms with van der Waals surface area (Å²) in [5.74, 6) is 0.136. The zero-order chi connectivity index (χ0) is 15.5. The Morgan fingerprint density at radius 2 is 1.90 bits per heavy atom. The first-order valence-corrected chi connectivity index (χ1v) is 6.97. The van der Waals surface area contributed by atoms with Crippen LogP contribution in [0.25, 0.3) is 0 Å². The quantitative estimate of drug-likeness (QED) is 0.906. The number of hydrogen-bond acceptors (Lipinski definition) is 4. The molecule has 112 valence electrons. The van der Waals surface area contributed by atoms with E-state index in [0.29, 0.717) is 12.3 Å². The van der Waals surface area contributed by atoms with Gasteiger partial charge in [-0.3, -0.25) is 4.79 Å². The van der Waals surface area contributed by atoms with Gasteiger partial charge in [-0.2, -0.15) is 0 Å². The predicted octanol–water partition coefficient (Wildman–Crippen LogP) is 3.22. The second-order valence-corrected chi connectivity index (χ2v) is 6.19. The highest BCUT2D eigenvalue weighted by Gasteiger charge is 2.25. The molecule has 0 saturated carbocycles. The third-order valence-corrected chi connectivity index (χ3v) is 3.35. The van der Waals surface area contributed by atoms with Gasteiger partial charge < -0.3 is 14.8 Å². The van der Waals surface area contributed by atoms with Gasteiger partial charge in [0.05, 0.1) is 6.54 Å². The van der Waals surface area contributed by atoms with Crippen LogP contribution >= 0.6 is 0 Å². The zero-order valence-electron chi connectivity index (χ0n) is 12.6. The summed E-state index contributed by atoms with van der Waals surface area (Å²) in [6, 6.07) is 11.6. The van der Waals surface area contributed by atoms with Gasteiger partial charge in [-0.25, -0.2) is 0 Å². The molecule has 0 aliphatic rings. The van der Waals surface area contributed by atoms with Gasteiger partial charge in [0, 0.05) is 12.1 Å². The Morgan fingerprint density at radius 3 is 2.48 bits per heavy atom. The Kier molecular flexibility index (Phi) is 4.48. The van der Waals surface area contributed by atoms with Crippen molar-refractivity contribution < 1.29 is 9.52 Å². The van der Waals surface area contributed by atoms with Crippen LogP contribution in [0.15, 0.2) is 51.9 Å². The standard InChI is InChI=1S/C17H21NO3/c1-17(2,3)16(12-7-5-4-6-8-12)18-10-13-9-14(19)15(20)11-21-13/h4-9,11,16,18,20H,10H2,1-3H3/t16-/m1/s1. The fraction of sp³-hybridized carbons (Fsp3) is 0.353. The first-order chi connectivity index (χ1) is 9.88. The summed E-state index contributed by atoms with van der Waals surface area (Å²) in [5.41, 5.74) is 0.773. The highest BCUT2D eigenvalue weighted by molar-refractivity contribution is 5.21. The van der Waals surface area contributed by atoms with Crippen LogP contribution in [0.2, 0.25) is 0 Å². The molecule has 4 nitrogen and oxygen atoms in total. The summed E-state index contributed by atoms with van der Waals surface area (Å²) in [7, 11) is 0. The van der Waals surface area contributed by atoms with E-state index in [1.165, 1.54) is 11.6 Å². The summed E-state index contributed by atoms with van der Waals surface area (Å²) < 4.78 is 5.23. The molecule has 0 radical (unpaired) electrons. The van der Waals surface area contributed by atoms with Gasteiger partial charge in [-0.05, 0) is 11.0 Å². The summed E-state index contributed by atoms with van der Waals surface area (Å²) in [6.07, 6.45) is 1.08. The minimum atomic E-state index is -0.426. The van der Waals surface area contributed by atoms with Crippen molar-refractivity contribution in [3.05, 3.63) is 64.2 Å². The first-order valence-electron chi connectivity index (χ1n) is 6.97. The Labute approximate surface area is 124 Å². The van der Waals surface area contributed by atoms with Crippen LogP contribution in [0.1, 0.15) is 38.1 Å². The second kappa shape index (κ2) is 6.14. The van der Waals surface area contributed by atoms with Gasteiger partial charge in [0.2, 0.25) is 5.43 Å². The van der Waals surface area contributed by atoms with Crippen molar-refractivity contribution in [3.8, 4) is 5.75 Å². The molecule has 0 spiro atoms. The molecule has 0 unspecified atom stereocenters. The van der Waals surface area contributed by atoms with Gasteiger partial charge >= 0.3 is 0 Å². The zero-order valence-corrected chi connectivity index (χ0v) is 12.6. The molecule has 0 bridgehead atoms. The molecule has 21 heavy (non-hydrogen) atoms. The number of rotatable bonds is 4. The normalized spacial score (nSPS) is 13.1. The van der Waals surface area contributed by atoms with Gasteiger partial charge in [0.15, 0.2) is 5.75 Å². The van der Waals surface area contributed by atoms with E-state index < -0.39 is 5.43 Å². The van der Waals surface area contributed by atoms with Crippen LogP contribution in [0.3, 0.4) is 0 Å². The van der Waals surface area contributed by atoms with Gasteiger partial charge in [0.25, 0.3) is 0 Å². The molecule has 0 amide bonds. The van der Waals surface area contributed by atoms with E-state index in [1.54, 1.807) is 0 Å². The molecule has 1 atom stereocenters. The van der Waals surface area contributed by atoms with Crippen LogP contribution in [0.5, 0.6) is 5.75 Å². The Balaban J connectivity index is 2.17. The molecule has 0 fully saturated rings. The molecule has 0 saturated heterocycles. The lowest BCUT2D eigenvalue weighted by Crippen LogP contribution is -2.32. The lowest BCUT2D eigenvalue weighted by atomic mass is 9.82. The number of nitrogens with one attached hydrogen (secondary N) is 1. The predicted molar refractivity (Wildman–Crippen MR) is 82.1 cm³/mol. The molecule has 0 aliphatic heterocycles.